The summed E-state index contributed by atoms with van der Waals surface area (Å²) in [5, 5.41) is 11.2. The number of carbonyl (C=O) groups excluding carboxylic acids is 2. The van der Waals surface area contributed by atoms with Gasteiger partial charge in [0.15, 0.2) is 0 Å². The van der Waals surface area contributed by atoms with Crippen LogP contribution in [-0.4, -0.2) is 67.5 Å². The molecular formula is C25H30N2O5. The van der Waals surface area contributed by atoms with Gasteiger partial charge in [0.1, 0.15) is 17.3 Å². The Morgan fingerprint density at radius 1 is 1.12 bits per heavy atom. The van der Waals surface area contributed by atoms with Crippen molar-refractivity contribution in [3.8, 4) is 11.5 Å². The number of benzene rings is 2. The summed E-state index contributed by atoms with van der Waals surface area (Å²) in [5.74, 6) is -0.116. The summed E-state index contributed by atoms with van der Waals surface area (Å²) in [6.45, 7) is 5.24. The maximum absolute atomic E-state index is 13.1. The maximum atomic E-state index is 13.1. The van der Waals surface area contributed by atoms with Crippen LogP contribution in [0.2, 0.25) is 0 Å². The lowest BCUT2D eigenvalue weighted by Crippen LogP contribution is -2.35. The second-order valence-electron chi connectivity index (χ2n) is 7.98. The number of aliphatic hydroxyl groups is 1. The van der Waals surface area contributed by atoms with Crippen molar-refractivity contribution < 1.29 is 24.2 Å². The molecule has 0 radical (unpaired) electrons. The largest absolute Gasteiger partial charge is 0.507 e. The first-order valence-electron chi connectivity index (χ1n) is 10.6. The zero-order valence-electron chi connectivity index (χ0n) is 19.2. The number of ether oxygens (including phenoxy) is 2. The molecule has 170 valence electrons. The van der Waals surface area contributed by atoms with Gasteiger partial charge in [-0.2, -0.15) is 0 Å². The zero-order valence-corrected chi connectivity index (χ0v) is 19.2. The quantitative estimate of drug-likeness (QED) is 0.387. The number of hydrogen-bond donors (Lipinski definition) is 1. The Morgan fingerprint density at radius 2 is 1.81 bits per heavy atom. The lowest BCUT2D eigenvalue weighted by Gasteiger charge is -2.26. The summed E-state index contributed by atoms with van der Waals surface area (Å²) in [4.78, 5) is 29.5. The number of methoxy groups -OCH3 is 1. The fraction of sp³-hybridized carbons (Fsp3) is 0.360. The van der Waals surface area contributed by atoms with Gasteiger partial charge in [-0.15, -0.1) is 0 Å². The van der Waals surface area contributed by atoms with E-state index in [-0.39, 0.29) is 11.3 Å². The van der Waals surface area contributed by atoms with Gasteiger partial charge in [0.25, 0.3) is 11.7 Å². The van der Waals surface area contributed by atoms with Crippen LogP contribution in [0.15, 0.2) is 48.0 Å². The molecule has 7 nitrogen and oxygen atoms in total. The van der Waals surface area contributed by atoms with Crippen molar-refractivity contribution in [2.45, 2.75) is 19.9 Å². The third-order valence-corrected chi connectivity index (χ3v) is 5.50. The molecular weight excluding hydrogens is 408 g/mol. The molecule has 1 fully saturated rings. The first-order valence-corrected chi connectivity index (χ1v) is 10.6. The third-order valence-electron chi connectivity index (χ3n) is 5.50. The molecule has 3 rings (SSSR count). The smallest absolute Gasteiger partial charge is 0.295 e. The Kier molecular flexibility index (Phi) is 7.20. The standard InChI is InChI=1S/C25H30N2O5/c1-6-32-19-10-7-17(8-11-19)22-21(24(29)25(30)27(22)14-13-26(3)4)23(28)18-9-12-20(31-5)16(2)15-18/h7-12,15,22,28H,6,13-14H2,1-5H3/b23-21+/t22-/m0/s1. The number of carbonyl (C=O) groups is 2. The van der Waals surface area contributed by atoms with Crippen LogP contribution in [0.5, 0.6) is 11.5 Å². The highest BCUT2D eigenvalue weighted by molar-refractivity contribution is 6.46. The zero-order chi connectivity index (χ0) is 23.4. The Hall–Kier alpha value is -3.32. The van der Waals surface area contributed by atoms with Gasteiger partial charge in [-0.1, -0.05) is 12.1 Å². The average molecular weight is 439 g/mol. The van der Waals surface area contributed by atoms with Crippen molar-refractivity contribution >= 4 is 17.4 Å². The van der Waals surface area contributed by atoms with Gasteiger partial charge in [-0.3, -0.25) is 9.59 Å². The van der Waals surface area contributed by atoms with Gasteiger partial charge < -0.3 is 24.4 Å². The molecule has 0 unspecified atom stereocenters. The van der Waals surface area contributed by atoms with Crippen LogP contribution in [0.25, 0.3) is 5.76 Å². The number of Topliss-reactive ketones (excluding diaryl/α,β-unsaturated/α-hetero) is 1. The van der Waals surface area contributed by atoms with Gasteiger partial charge in [0, 0.05) is 18.7 Å². The fourth-order valence-electron chi connectivity index (χ4n) is 3.86. The van der Waals surface area contributed by atoms with Gasteiger partial charge in [0.05, 0.1) is 25.3 Å². The summed E-state index contributed by atoms with van der Waals surface area (Å²) in [5.41, 5.74) is 2.10. The van der Waals surface area contributed by atoms with Crippen molar-refractivity contribution in [1.82, 2.24) is 9.80 Å². The lowest BCUT2D eigenvalue weighted by atomic mass is 9.94. The van der Waals surface area contributed by atoms with Crippen LogP contribution in [0.4, 0.5) is 0 Å². The van der Waals surface area contributed by atoms with Crippen LogP contribution in [0.3, 0.4) is 0 Å². The molecule has 1 aliphatic heterocycles. The van der Waals surface area contributed by atoms with E-state index >= 15 is 0 Å². The highest BCUT2D eigenvalue weighted by atomic mass is 16.5. The van der Waals surface area contributed by atoms with E-state index in [9.17, 15) is 14.7 Å². The predicted octanol–water partition coefficient (Wildman–Crippen LogP) is 3.39. The van der Waals surface area contributed by atoms with Crippen LogP contribution in [0, 0.1) is 6.92 Å². The van der Waals surface area contributed by atoms with Crippen molar-refractivity contribution in [2.75, 3.05) is 40.9 Å². The molecule has 0 bridgehead atoms. The summed E-state index contributed by atoms with van der Waals surface area (Å²) < 4.78 is 10.8. The molecule has 2 aromatic rings. The number of likely N-dealkylation sites (tertiary alicyclic amines) is 1. The molecule has 0 aliphatic carbocycles. The summed E-state index contributed by atoms with van der Waals surface area (Å²) in [6.07, 6.45) is 0. The maximum Gasteiger partial charge on any atom is 0.295 e. The Balaban J connectivity index is 2.12. The summed E-state index contributed by atoms with van der Waals surface area (Å²) >= 11 is 0. The Morgan fingerprint density at radius 3 is 2.38 bits per heavy atom. The first-order chi connectivity index (χ1) is 15.3. The SMILES string of the molecule is CCOc1ccc([C@H]2/C(=C(\O)c3ccc(OC)c(C)c3)C(=O)C(=O)N2CCN(C)C)cc1. The van der Waals surface area contributed by atoms with E-state index in [0.717, 1.165) is 11.1 Å². The van der Waals surface area contributed by atoms with E-state index in [2.05, 4.69) is 0 Å². The molecule has 1 amide bonds. The van der Waals surface area contributed by atoms with Crippen LogP contribution >= 0.6 is 0 Å². The molecule has 1 saturated heterocycles. The average Bonchev–Trinajstić information content (AvgIpc) is 3.02. The number of likely N-dealkylation sites (N-methyl/N-ethyl adjacent to an activating group) is 1. The number of nitrogens with zero attached hydrogens (tertiary/aromatic N) is 2. The number of rotatable bonds is 8. The minimum atomic E-state index is -0.687. The number of amides is 1. The number of ketones is 1. The van der Waals surface area contributed by atoms with Gasteiger partial charge >= 0.3 is 0 Å². The van der Waals surface area contributed by atoms with Crippen LogP contribution in [-0.2, 0) is 9.59 Å². The highest BCUT2D eigenvalue weighted by Crippen LogP contribution is 2.40. The van der Waals surface area contributed by atoms with Crippen molar-refractivity contribution in [2.24, 2.45) is 0 Å². The van der Waals surface area contributed by atoms with Crippen LogP contribution < -0.4 is 9.47 Å². The van der Waals surface area contributed by atoms with Crippen LogP contribution in [0.1, 0.15) is 29.7 Å². The van der Waals surface area contributed by atoms with Crippen molar-refractivity contribution in [3.05, 3.63) is 64.7 Å². The lowest BCUT2D eigenvalue weighted by molar-refractivity contribution is -0.140. The van der Waals surface area contributed by atoms with E-state index in [1.807, 2.05) is 57.1 Å². The van der Waals surface area contributed by atoms with Gasteiger partial charge in [0.2, 0.25) is 0 Å². The molecule has 0 aromatic heterocycles. The molecule has 0 spiro atoms. The van der Waals surface area contributed by atoms with E-state index < -0.39 is 17.7 Å². The minimum absolute atomic E-state index is 0.0856. The fourth-order valence-corrected chi connectivity index (χ4v) is 3.86. The normalized spacial score (nSPS) is 17.8. The van der Waals surface area contributed by atoms with Crippen molar-refractivity contribution in [1.29, 1.82) is 0 Å². The van der Waals surface area contributed by atoms with Gasteiger partial charge in [-0.05, 0) is 69.4 Å². The number of hydrogen-bond acceptors (Lipinski definition) is 6. The predicted molar refractivity (Wildman–Crippen MR) is 123 cm³/mol. The van der Waals surface area contributed by atoms with Gasteiger partial charge in [-0.25, -0.2) is 0 Å². The van der Waals surface area contributed by atoms with E-state index in [1.165, 1.54) is 4.90 Å². The molecule has 2 aromatic carbocycles. The number of aryl methyl sites for hydroxylation is 1. The third kappa shape index (κ3) is 4.62. The Labute approximate surface area is 188 Å². The monoisotopic (exact) mass is 438 g/mol. The molecule has 7 heteroatoms. The number of aliphatic hydroxyl groups excluding tert-OH is 1. The minimum Gasteiger partial charge on any atom is -0.507 e. The molecule has 32 heavy (non-hydrogen) atoms. The first kappa shape index (κ1) is 23.3. The summed E-state index contributed by atoms with van der Waals surface area (Å²) in [7, 11) is 5.38. The molecule has 1 atom stereocenters. The van der Waals surface area contributed by atoms with Crippen molar-refractivity contribution in [3.63, 3.8) is 0 Å². The molecule has 1 heterocycles. The molecule has 1 aliphatic rings. The van der Waals surface area contributed by atoms with E-state index in [0.29, 0.717) is 36.8 Å². The van der Waals surface area contributed by atoms with E-state index in [1.54, 1.807) is 25.3 Å². The summed E-state index contributed by atoms with van der Waals surface area (Å²) in [6, 6.07) is 11.8. The molecule has 0 saturated carbocycles. The second kappa shape index (κ2) is 9.87. The second-order valence-corrected chi connectivity index (χ2v) is 7.98. The topological polar surface area (TPSA) is 79.3 Å². The molecule has 1 N–H and O–H groups in total. The highest BCUT2D eigenvalue weighted by Gasteiger charge is 2.45. The Bertz CT molecular complexity index is 1030. The van der Waals surface area contributed by atoms with E-state index in [4.69, 9.17) is 9.47 Å².